The Morgan fingerprint density at radius 2 is 1.64 bits per heavy atom. The highest BCUT2D eigenvalue weighted by Crippen LogP contribution is 2.27. The number of methoxy groups -OCH3 is 1. The van der Waals surface area contributed by atoms with Crippen LogP contribution < -0.4 is 14.8 Å². The number of rotatable bonds is 8. The Bertz CT molecular complexity index is 1060. The molecular formula is C28H32N2O3. The Morgan fingerprint density at radius 1 is 0.939 bits per heavy atom. The predicted octanol–water partition coefficient (Wildman–Crippen LogP) is 5.61. The second-order valence-corrected chi connectivity index (χ2v) is 8.43. The van der Waals surface area contributed by atoms with Crippen LogP contribution in [-0.2, 0) is 11.3 Å². The topological polar surface area (TPSA) is 50.8 Å². The van der Waals surface area contributed by atoms with E-state index in [1.165, 1.54) is 5.56 Å². The lowest BCUT2D eigenvalue weighted by Gasteiger charge is -2.31. The molecule has 0 atom stereocenters. The summed E-state index contributed by atoms with van der Waals surface area (Å²) in [5.41, 5.74) is 4.22. The molecule has 3 aromatic carbocycles. The summed E-state index contributed by atoms with van der Waals surface area (Å²) < 4.78 is 10.9. The van der Waals surface area contributed by atoms with Gasteiger partial charge in [-0.05, 0) is 85.9 Å². The van der Waals surface area contributed by atoms with Crippen LogP contribution in [0.2, 0.25) is 0 Å². The van der Waals surface area contributed by atoms with Crippen LogP contribution in [0.25, 0.3) is 11.1 Å². The molecular weight excluding hydrogens is 412 g/mol. The van der Waals surface area contributed by atoms with Crippen molar-refractivity contribution < 1.29 is 14.3 Å². The van der Waals surface area contributed by atoms with Gasteiger partial charge in [-0.25, -0.2) is 0 Å². The number of carbonyl (C=O) groups is 1. The Morgan fingerprint density at radius 3 is 2.33 bits per heavy atom. The number of amides is 1. The Hall–Kier alpha value is -3.31. The van der Waals surface area contributed by atoms with Crippen molar-refractivity contribution in [2.75, 3.05) is 32.1 Å². The van der Waals surface area contributed by atoms with E-state index >= 15 is 0 Å². The van der Waals surface area contributed by atoms with Crippen molar-refractivity contribution in [3.05, 3.63) is 78.4 Å². The molecule has 5 nitrogen and oxygen atoms in total. The molecule has 4 rings (SSSR count). The maximum Gasteiger partial charge on any atom is 0.227 e. The standard InChI is InChI=1S/C28H32N2O3/c1-3-33-26-12-10-21(11-13-26)20-30-16-14-22(15-17-30)28(31)29-25-8-4-6-23(18-25)24-7-5-9-27(19-24)32-2/h4-13,18-19,22H,3,14-17,20H2,1-2H3,(H,29,31). The minimum atomic E-state index is 0.0436. The number of hydrogen-bond acceptors (Lipinski definition) is 4. The fraction of sp³-hybridized carbons (Fsp3) is 0.321. The lowest BCUT2D eigenvalue weighted by molar-refractivity contribution is -0.121. The predicted molar refractivity (Wildman–Crippen MR) is 133 cm³/mol. The number of likely N-dealkylation sites (tertiary alicyclic amines) is 1. The summed E-state index contributed by atoms with van der Waals surface area (Å²) in [5.74, 6) is 1.88. The van der Waals surface area contributed by atoms with E-state index < -0.39 is 0 Å². The van der Waals surface area contributed by atoms with Crippen LogP contribution in [0, 0.1) is 5.92 Å². The zero-order valence-corrected chi connectivity index (χ0v) is 19.4. The summed E-state index contributed by atoms with van der Waals surface area (Å²) in [7, 11) is 1.67. The molecule has 0 radical (unpaired) electrons. The largest absolute Gasteiger partial charge is 0.497 e. The molecule has 0 aromatic heterocycles. The highest BCUT2D eigenvalue weighted by Gasteiger charge is 2.25. The summed E-state index contributed by atoms with van der Waals surface area (Å²) in [6.45, 7) is 5.43. The van der Waals surface area contributed by atoms with Gasteiger partial charge in [-0.1, -0.05) is 36.4 Å². The number of carbonyl (C=O) groups excluding carboxylic acids is 1. The molecule has 0 aliphatic carbocycles. The van der Waals surface area contributed by atoms with Gasteiger partial charge in [0.15, 0.2) is 0 Å². The summed E-state index contributed by atoms with van der Waals surface area (Å²) in [6, 6.07) is 24.2. The molecule has 5 heteroatoms. The van der Waals surface area contributed by atoms with Gasteiger partial charge in [-0.15, -0.1) is 0 Å². The summed E-state index contributed by atoms with van der Waals surface area (Å²) >= 11 is 0. The monoisotopic (exact) mass is 444 g/mol. The minimum Gasteiger partial charge on any atom is -0.497 e. The minimum absolute atomic E-state index is 0.0436. The Labute approximate surface area is 196 Å². The number of piperidine rings is 1. The van der Waals surface area contributed by atoms with E-state index in [0.717, 1.165) is 60.8 Å². The number of anilines is 1. The van der Waals surface area contributed by atoms with Crippen LogP contribution >= 0.6 is 0 Å². The fourth-order valence-corrected chi connectivity index (χ4v) is 4.29. The quantitative estimate of drug-likeness (QED) is 0.491. The molecule has 1 heterocycles. The van der Waals surface area contributed by atoms with Crippen molar-refractivity contribution in [3.63, 3.8) is 0 Å². The lowest BCUT2D eigenvalue weighted by atomic mass is 9.95. The Kier molecular flexibility index (Phi) is 7.63. The fourth-order valence-electron chi connectivity index (χ4n) is 4.29. The SMILES string of the molecule is CCOc1ccc(CN2CCC(C(=O)Nc3cccc(-c4cccc(OC)c4)c3)CC2)cc1. The first-order chi connectivity index (χ1) is 16.1. The molecule has 1 aliphatic heterocycles. The third-order valence-corrected chi connectivity index (χ3v) is 6.13. The van der Waals surface area contributed by atoms with Crippen molar-refractivity contribution in [2.24, 2.45) is 5.92 Å². The molecule has 1 saturated heterocycles. The van der Waals surface area contributed by atoms with E-state index in [0.29, 0.717) is 6.61 Å². The van der Waals surface area contributed by atoms with Gasteiger partial charge >= 0.3 is 0 Å². The second kappa shape index (κ2) is 11.0. The average molecular weight is 445 g/mol. The van der Waals surface area contributed by atoms with Crippen LogP contribution in [0.15, 0.2) is 72.8 Å². The van der Waals surface area contributed by atoms with Gasteiger partial charge in [-0.3, -0.25) is 9.69 Å². The molecule has 1 amide bonds. The highest BCUT2D eigenvalue weighted by molar-refractivity contribution is 5.93. The summed E-state index contributed by atoms with van der Waals surface area (Å²) in [4.78, 5) is 15.3. The van der Waals surface area contributed by atoms with Gasteiger partial charge in [0.25, 0.3) is 0 Å². The zero-order chi connectivity index (χ0) is 23.0. The van der Waals surface area contributed by atoms with Crippen molar-refractivity contribution >= 4 is 11.6 Å². The molecule has 172 valence electrons. The first-order valence-electron chi connectivity index (χ1n) is 11.6. The molecule has 3 aromatic rings. The van der Waals surface area contributed by atoms with Crippen LogP contribution in [-0.4, -0.2) is 37.6 Å². The molecule has 0 unspecified atom stereocenters. The van der Waals surface area contributed by atoms with Crippen LogP contribution in [0.4, 0.5) is 5.69 Å². The van der Waals surface area contributed by atoms with Crippen molar-refractivity contribution in [1.82, 2.24) is 4.90 Å². The first kappa shape index (κ1) is 22.9. The van der Waals surface area contributed by atoms with Crippen molar-refractivity contribution in [2.45, 2.75) is 26.3 Å². The van der Waals surface area contributed by atoms with Gasteiger partial charge in [0.1, 0.15) is 11.5 Å². The molecule has 0 bridgehead atoms. The van der Waals surface area contributed by atoms with Crippen molar-refractivity contribution in [1.29, 1.82) is 0 Å². The summed E-state index contributed by atoms with van der Waals surface area (Å²) in [5, 5.41) is 3.13. The maximum atomic E-state index is 12.9. The first-order valence-corrected chi connectivity index (χ1v) is 11.6. The molecule has 0 spiro atoms. The summed E-state index contributed by atoms with van der Waals surface area (Å²) in [6.07, 6.45) is 1.75. The van der Waals surface area contributed by atoms with E-state index in [1.807, 2.05) is 67.6 Å². The van der Waals surface area contributed by atoms with E-state index in [2.05, 4.69) is 22.3 Å². The number of hydrogen-bond donors (Lipinski definition) is 1. The zero-order valence-electron chi connectivity index (χ0n) is 19.4. The van der Waals surface area contributed by atoms with Gasteiger partial charge in [0.2, 0.25) is 5.91 Å². The van der Waals surface area contributed by atoms with E-state index in [-0.39, 0.29) is 11.8 Å². The Balaban J connectivity index is 1.30. The number of ether oxygens (including phenoxy) is 2. The van der Waals surface area contributed by atoms with Gasteiger partial charge in [0.05, 0.1) is 13.7 Å². The third-order valence-electron chi connectivity index (χ3n) is 6.13. The molecule has 1 fully saturated rings. The molecule has 33 heavy (non-hydrogen) atoms. The average Bonchev–Trinajstić information content (AvgIpc) is 2.86. The third kappa shape index (κ3) is 6.14. The van der Waals surface area contributed by atoms with Gasteiger partial charge in [-0.2, -0.15) is 0 Å². The van der Waals surface area contributed by atoms with Crippen molar-refractivity contribution in [3.8, 4) is 22.6 Å². The van der Waals surface area contributed by atoms with Crippen LogP contribution in [0.5, 0.6) is 11.5 Å². The smallest absolute Gasteiger partial charge is 0.227 e. The van der Waals surface area contributed by atoms with Crippen LogP contribution in [0.3, 0.4) is 0 Å². The highest BCUT2D eigenvalue weighted by atomic mass is 16.5. The second-order valence-electron chi connectivity index (χ2n) is 8.43. The maximum absolute atomic E-state index is 12.9. The number of nitrogens with zero attached hydrogens (tertiary/aromatic N) is 1. The van der Waals surface area contributed by atoms with Gasteiger partial charge in [0, 0.05) is 18.2 Å². The lowest BCUT2D eigenvalue weighted by Crippen LogP contribution is -2.37. The number of benzene rings is 3. The van der Waals surface area contributed by atoms with E-state index in [4.69, 9.17) is 9.47 Å². The van der Waals surface area contributed by atoms with Crippen LogP contribution in [0.1, 0.15) is 25.3 Å². The molecule has 1 N–H and O–H groups in total. The normalized spacial score (nSPS) is 14.6. The molecule has 0 saturated carbocycles. The number of nitrogens with one attached hydrogen (secondary N) is 1. The molecule has 1 aliphatic rings. The van der Waals surface area contributed by atoms with Gasteiger partial charge < -0.3 is 14.8 Å². The van der Waals surface area contributed by atoms with E-state index in [1.54, 1.807) is 7.11 Å². The van der Waals surface area contributed by atoms with E-state index in [9.17, 15) is 4.79 Å².